The Bertz CT molecular complexity index is 660. The number of rotatable bonds is 3. The predicted molar refractivity (Wildman–Crippen MR) is 78.1 cm³/mol. The SMILES string of the molecule is CNC1C(=O)Nc2cc(-n3ccc(C(C)C)n3)ccc21. The molecule has 2 heterocycles. The smallest absolute Gasteiger partial charge is 0.246 e. The summed E-state index contributed by atoms with van der Waals surface area (Å²) in [5.74, 6) is 0.391. The fourth-order valence-corrected chi connectivity index (χ4v) is 2.47. The molecular formula is C15H18N4O. The fourth-order valence-electron chi connectivity index (χ4n) is 2.47. The van der Waals surface area contributed by atoms with E-state index in [4.69, 9.17) is 0 Å². The predicted octanol–water partition coefficient (Wildman–Crippen LogP) is 2.21. The third kappa shape index (κ3) is 2.00. The Hall–Kier alpha value is -2.14. The summed E-state index contributed by atoms with van der Waals surface area (Å²) >= 11 is 0. The van der Waals surface area contributed by atoms with Crippen molar-refractivity contribution in [2.24, 2.45) is 0 Å². The number of nitrogens with zero attached hydrogens (tertiary/aromatic N) is 2. The van der Waals surface area contributed by atoms with Gasteiger partial charge in [-0.25, -0.2) is 4.68 Å². The first-order valence-corrected chi connectivity index (χ1v) is 6.78. The second-order valence-electron chi connectivity index (χ2n) is 5.32. The second kappa shape index (κ2) is 4.76. The monoisotopic (exact) mass is 270 g/mol. The number of anilines is 1. The van der Waals surface area contributed by atoms with E-state index >= 15 is 0 Å². The minimum Gasteiger partial charge on any atom is -0.324 e. The van der Waals surface area contributed by atoms with Gasteiger partial charge in [-0.15, -0.1) is 0 Å². The van der Waals surface area contributed by atoms with Gasteiger partial charge in [0, 0.05) is 17.4 Å². The Morgan fingerprint density at radius 3 is 2.80 bits per heavy atom. The van der Waals surface area contributed by atoms with Crippen molar-refractivity contribution in [2.45, 2.75) is 25.8 Å². The van der Waals surface area contributed by atoms with Gasteiger partial charge < -0.3 is 10.6 Å². The first-order chi connectivity index (χ1) is 9.60. The number of aromatic nitrogens is 2. The highest BCUT2D eigenvalue weighted by Crippen LogP contribution is 2.32. The molecule has 0 aliphatic carbocycles. The number of hydrogen-bond donors (Lipinski definition) is 2. The maximum Gasteiger partial charge on any atom is 0.246 e. The van der Waals surface area contributed by atoms with Gasteiger partial charge in [0.1, 0.15) is 6.04 Å². The van der Waals surface area contributed by atoms with Crippen LogP contribution in [0, 0.1) is 0 Å². The number of amides is 1. The molecule has 2 N–H and O–H groups in total. The van der Waals surface area contributed by atoms with Crippen molar-refractivity contribution in [1.29, 1.82) is 0 Å². The summed E-state index contributed by atoms with van der Waals surface area (Å²) in [6.07, 6.45) is 1.95. The minimum atomic E-state index is -0.261. The lowest BCUT2D eigenvalue weighted by Gasteiger charge is -2.08. The Morgan fingerprint density at radius 2 is 2.15 bits per heavy atom. The molecule has 0 fully saturated rings. The summed E-state index contributed by atoms with van der Waals surface area (Å²) in [4.78, 5) is 11.8. The maximum atomic E-state index is 11.8. The van der Waals surface area contributed by atoms with Gasteiger partial charge in [-0.1, -0.05) is 19.9 Å². The highest BCUT2D eigenvalue weighted by atomic mass is 16.2. The summed E-state index contributed by atoms with van der Waals surface area (Å²) < 4.78 is 1.84. The average molecular weight is 270 g/mol. The van der Waals surface area contributed by atoms with Crippen LogP contribution >= 0.6 is 0 Å². The first-order valence-electron chi connectivity index (χ1n) is 6.78. The zero-order valence-electron chi connectivity index (χ0n) is 11.8. The average Bonchev–Trinajstić information content (AvgIpc) is 3.00. The van der Waals surface area contributed by atoms with Crippen LogP contribution in [-0.2, 0) is 4.79 Å². The van der Waals surface area contributed by atoms with Crippen LogP contribution < -0.4 is 10.6 Å². The molecule has 3 rings (SSSR count). The zero-order valence-corrected chi connectivity index (χ0v) is 11.8. The molecule has 5 nitrogen and oxygen atoms in total. The summed E-state index contributed by atoms with van der Waals surface area (Å²) in [6, 6.07) is 7.68. The molecule has 0 bridgehead atoms. The van der Waals surface area contributed by atoms with Gasteiger partial charge >= 0.3 is 0 Å². The van der Waals surface area contributed by atoms with E-state index in [-0.39, 0.29) is 11.9 Å². The Labute approximate surface area is 118 Å². The van der Waals surface area contributed by atoms with Gasteiger partial charge in [0.25, 0.3) is 0 Å². The van der Waals surface area contributed by atoms with E-state index < -0.39 is 0 Å². The fraction of sp³-hybridized carbons (Fsp3) is 0.333. The second-order valence-corrected chi connectivity index (χ2v) is 5.32. The van der Waals surface area contributed by atoms with Gasteiger partial charge in [-0.2, -0.15) is 5.10 Å². The van der Waals surface area contributed by atoms with Gasteiger partial charge in [-0.3, -0.25) is 4.79 Å². The maximum absolute atomic E-state index is 11.8. The molecule has 1 aromatic heterocycles. The molecule has 2 aromatic rings. The summed E-state index contributed by atoms with van der Waals surface area (Å²) in [7, 11) is 1.79. The molecule has 1 unspecified atom stereocenters. The van der Waals surface area contributed by atoms with E-state index in [9.17, 15) is 4.79 Å². The molecule has 5 heteroatoms. The number of likely N-dealkylation sites (N-methyl/N-ethyl adjacent to an activating group) is 1. The van der Waals surface area contributed by atoms with Crippen LogP contribution in [0.5, 0.6) is 0 Å². The van der Waals surface area contributed by atoms with Gasteiger partial charge in [0.05, 0.1) is 11.4 Å². The van der Waals surface area contributed by atoms with Crippen molar-refractivity contribution < 1.29 is 4.79 Å². The summed E-state index contributed by atoms with van der Waals surface area (Å²) in [6.45, 7) is 4.24. The zero-order chi connectivity index (χ0) is 14.3. The lowest BCUT2D eigenvalue weighted by atomic mass is 10.1. The van der Waals surface area contributed by atoms with E-state index in [2.05, 4.69) is 29.6 Å². The molecule has 1 aliphatic rings. The molecular weight excluding hydrogens is 252 g/mol. The van der Waals surface area contributed by atoms with Crippen molar-refractivity contribution in [3.8, 4) is 5.69 Å². The highest BCUT2D eigenvalue weighted by molar-refractivity contribution is 6.02. The summed E-state index contributed by atoms with van der Waals surface area (Å²) in [5, 5.41) is 10.5. The molecule has 0 saturated heterocycles. The van der Waals surface area contributed by atoms with Crippen LogP contribution in [0.1, 0.15) is 37.1 Å². The highest BCUT2D eigenvalue weighted by Gasteiger charge is 2.29. The quantitative estimate of drug-likeness (QED) is 0.899. The van der Waals surface area contributed by atoms with Crippen LogP contribution in [0.25, 0.3) is 5.69 Å². The standard InChI is InChI=1S/C15H18N4O/c1-9(2)12-6-7-19(18-12)10-4-5-11-13(8-10)17-15(20)14(11)16-3/h4-9,14,16H,1-3H3,(H,17,20). The lowest BCUT2D eigenvalue weighted by molar-refractivity contribution is -0.117. The van der Waals surface area contributed by atoms with Crippen molar-refractivity contribution in [3.63, 3.8) is 0 Å². The van der Waals surface area contributed by atoms with E-state index in [1.807, 2.05) is 35.1 Å². The third-order valence-electron chi connectivity index (χ3n) is 3.62. The molecule has 0 radical (unpaired) electrons. The largest absolute Gasteiger partial charge is 0.324 e. The number of nitrogens with one attached hydrogen (secondary N) is 2. The molecule has 0 saturated carbocycles. The van der Waals surface area contributed by atoms with Crippen molar-refractivity contribution >= 4 is 11.6 Å². The van der Waals surface area contributed by atoms with Gasteiger partial charge in [0.15, 0.2) is 0 Å². The third-order valence-corrected chi connectivity index (χ3v) is 3.62. The number of fused-ring (bicyclic) bond motifs is 1. The Morgan fingerprint density at radius 1 is 1.35 bits per heavy atom. The van der Waals surface area contributed by atoms with Crippen LogP contribution in [0.3, 0.4) is 0 Å². The molecule has 1 aliphatic heterocycles. The topological polar surface area (TPSA) is 59.0 Å². The number of hydrogen-bond acceptors (Lipinski definition) is 3. The molecule has 20 heavy (non-hydrogen) atoms. The van der Waals surface area contributed by atoms with Crippen molar-refractivity contribution in [1.82, 2.24) is 15.1 Å². The number of carbonyl (C=O) groups excluding carboxylic acids is 1. The number of carbonyl (C=O) groups is 1. The van der Waals surface area contributed by atoms with Crippen molar-refractivity contribution in [2.75, 3.05) is 12.4 Å². The van der Waals surface area contributed by atoms with Crippen LogP contribution in [-0.4, -0.2) is 22.7 Å². The molecule has 104 valence electrons. The van der Waals surface area contributed by atoms with Crippen LogP contribution in [0.2, 0.25) is 0 Å². The Kier molecular flexibility index (Phi) is 3.06. The van der Waals surface area contributed by atoms with Crippen molar-refractivity contribution in [3.05, 3.63) is 41.7 Å². The normalized spacial score (nSPS) is 17.4. The molecule has 0 spiro atoms. The Balaban J connectivity index is 1.97. The van der Waals surface area contributed by atoms with E-state index in [0.717, 1.165) is 22.6 Å². The van der Waals surface area contributed by atoms with E-state index in [1.165, 1.54) is 0 Å². The minimum absolute atomic E-state index is 0.0111. The summed E-state index contributed by atoms with van der Waals surface area (Å²) in [5.41, 5.74) is 3.85. The first kappa shape index (κ1) is 12.9. The number of benzene rings is 1. The molecule has 1 aromatic carbocycles. The van der Waals surface area contributed by atoms with E-state index in [1.54, 1.807) is 7.05 Å². The van der Waals surface area contributed by atoms with Crippen LogP contribution in [0.4, 0.5) is 5.69 Å². The lowest BCUT2D eigenvalue weighted by Crippen LogP contribution is -2.23. The van der Waals surface area contributed by atoms with E-state index in [0.29, 0.717) is 5.92 Å². The van der Waals surface area contributed by atoms with Gasteiger partial charge in [0.2, 0.25) is 5.91 Å². The molecule has 1 atom stereocenters. The van der Waals surface area contributed by atoms with Gasteiger partial charge in [-0.05, 0) is 31.2 Å². The molecule has 1 amide bonds. The van der Waals surface area contributed by atoms with Crippen LogP contribution in [0.15, 0.2) is 30.5 Å².